The fraction of sp³-hybridized carbons (Fsp3) is 0.692. The summed E-state index contributed by atoms with van der Waals surface area (Å²) in [6.07, 6.45) is 2.20. The van der Waals surface area contributed by atoms with Gasteiger partial charge in [0.05, 0.1) is 17.6 Å². The Bertz CT molecular complexity index is 320. The third kappa shape index (κ3) is 6.71. The predicted octanol–water partition coefficient (Wildman–Crippen LogP) is 3.50. The molecule has 5 heteroatoms. The molecule has 104 valence electrons. The van der Waals surface area contributed by atoms with Gasteiger partial charge in [0, 0.05) is 24.6 Å². The first kappa shape index (κ1) is 15.9. The summed E-state index contributed by atoms with van der Waals surface area (Å²) in [6.45, 7) is 5.34. The van der Waals surface area contributed by atoms with Crippen molar-refractivity contribution in [3.8, 4) is 0 Å². The standard InChI is InChI=1S/C13H22ClNO2S/c1-11(12-5-6-13(14)18-12)15-7-3-4-8-17-10-9-16-2/h5-6,11,15H,3-4,7-10H2,1-2H3. The molecule has 0 saturated carbocycles. The van der Waals surface area contributed by atoms with Gasteiger partial charge in [-0.1, -0.05) is 11.6 Å². The quantitative estimate of drug-likeness (QED) is 0.669. The summed E-state index contributed by atoms with van der Waals surface area (Å²) in [5.74, 6) is 0. The minimum absolute atomic E-state index is 0.372. The van der Waals surface area contributed by atoms with Crippen molar-refractivity contribution >= 4 is 22.9 Å². The number of thiophene rings is 1. The van der Waals surface area contributed by atoms with Gasteiger partial charge in [-0.15, -0.1) is 11.3 Å². The second kappa shape index (κ2) is 9.75. The Morgan fingerprint density at radius 1 is 1.28 bits per heavy atom. The molecule has 0 saturated heterocycles. The van der Waals surface area contributed by atoms with Gasteiger partial charge in [-0.05, 0) is 38.4 Å². The van der Waals surface area contributed by atoms with Crippen LogP contribution in [0.5, 0.6) is 0 Å². The normalized spacial score (nSPS) is 12.8. The molecule has 1 unspecified atom stereocenters. The molecule has 0 aliphatic carbocycles. The summed E-state index contributed by atoms with van der Waals surface area (Å²) in [5.41, 5.74) is 0. The van der Waals surface area contributed by atoms with Crippen LogP contribution >= 0.6 is 22.9 Å². The van der Waals surface area contributed by atoms with Crippen molar-refractivity contribution in [3.05, 3.63) is 21.3 Å². The lowest BCUT2D eigenvalue weighted by Crippen LogP contribution is -2.19. The fourth-order valence-electron chi connectivity index (χ4n) is 1.55. The van der Waals surface area contributed by atoms with E-state index >= 15 is 0 Å². The zero-order valence-electron chi connectivity index (χ0n) is 11.1. The van der Waals surface area contributed by atoms with Gasteiger partial charge < -0.3 is 14.8 Å². The first-order chi connectivity index (χ1) is 8.74. The molecule has 0 aromatic carbocycles. The van der Waals surface area contributed by atoms with Crippen LogP contribution in [0, 0.1) is 0 Å². The Kier molecular flexibility index (Phi) is 8.63. The molecule has 0 bridgehead atoms. The zero-order valence-corrected chi connectivity index (χ0v) is 12.6. The maximum absolute atomic E-state index is 5.91. The van der Waals surface area contributed by atoms with Crippen LogP contribution in [0.15, 0.2) is 12.1 Å². The number of rotatable bonds is 10. The van der Waals surface area contributed by atoms with E-state index < -0.39 is 0 Å². The average molecular weight is 292 g/mol. The molecule has 1 N–H and O–H groups in total. The zero-order chi connectivity index (χ0) is 13.2. The molecule has 0 amide bonds. The molecule has 1 aromatic rings. The number of hydrogen-bond acceptors (Lipinski definition) is 4. The van der Waals surface area contributed by atoms with Crippen LogP contribution in [0.25, 0.3) is 0 Å². The van der Waals surface area contributed by atoms with E-state index in [0.29, 0.717) is 19.3 Å². The summed E-state index contributed by atoms with van der Waals surface area (Å²) in [4.78, 5) is 1.29. The molecule has 3 nitrogen and oxygen atoms in total. The highest BCUT2D eigenvalue weighted by Gasteiger charge is 2.06. The lowest BCUT2D eigenvalue weighted by molar-refractivity contribution is 0.0687. The number of halogens is 1. The molecular weight excluding hydrogens is 270 g/mol. The summed E-state index contributed by atoms with van der Waals surface area (Å²) >= 11 is 7.55. The maximum Gasteiger partial charge on any atom is 0.0931 e. The van der Waals surface area contributed by atoms with Crippen LogP contribution in [-0.2, 0) is 9.47 Å². The highest BCUT2D eigenvalue weighted by atomic mass is 35.5. The van der Waals surface area contributed by atoms with Crippen LogP contribution in [0.3, 0.4) is 0 Å². The SMILES string of the molecule is COCCOCCCCNC(C)c1ccc(Cl)s1. The van der Waals surface area contributed by atoms with Gasteiger partial charge in [-0.3, -0.25) is 0 Å². The monoisotopic (exact) mass is 291 g/mol. The fourth-order valence-corrected chi connectivity index (χ4v) is 2.64. The highest BCUT2D eigenvalue weighted by molar-refractivity contribution is 7.16. The molecule has 1 rings (SSSR count). The Morgan fingerprint density at radius 2 is 2.11 bits per heavy atom. The topological polar surface area (TPSA) is 30.5 Å². The number of hydrogen-bond donors (Lipinski definition) is 1. The van der Waals surface area contributed by atoms with Gasteiger partial charge in [-0.2, -0.15) is 0 Å². The first-order valence-corrected chi connectivity index (χ1v) is 7.48. The van der Waals surface area contributed by atoms with E-state index in [9.17, 15) is 0 Å². The Morgan fingerprint density at radius 3 is 2.78 bits per heavy atom. The number of unbranched alkanes of at least 4 members (excludes halogenated alkanes) is 1. The molecule has 0 fully saturated rings. The van der Waals surface area contributed by atoms with Gasteiger partial charge in [-0.25, -0.2) is 0 Å². The summed E-state index contributed by atoms with van der Waals surface area (Å²) in [6, 6.07) is 4.40. The van der Waals surface area contributed by atoms with E-state index in [1.807, 2.05) is 6.07 Å². The first-order valence-electron chi connectivity index (χ1n) is 6.29. The van der Waals surface area contributed by atoms with Crippen molar-refractivity contribution in [1.29, 1.82) is 0 Å². The van der Waals surface area contributed by atoms with E-state index in [1.54, 1.807) is 18.4 Å². The Hall–Kier alpha value is -0.130. The van der Waals surface area contributed by atoms with Gasteiger partial charge in [0.15, 0.2) is 0 Å². The number of ether oxygens (including phenoxy) is 2. The molecule has 0 radical (unpaired) electrons. The molecule has 0 aliphatic heterocycles. The van der Waals surface area contributed by atoms with Crippen molar-refractivity contribution in [3.63, 3.8) is 0 Å². The summed E-state index contributed by atoms with van der Waals surface area (Å²) in [5, 5.41) is 3.49. The van der Waals surface area contributed by atoms with Crippen molar-refractivity contribution < 1.29 is 9.47 Å². The van der Waals surface area contributed by atoms with Gasteiger partial charge in [0.25, 0.3) is 0 Å². The molecule has 0 aliphatic rings. The van der Waals surface area contributed by atoms with E-state index in [-0.39, 0.29) is 0 Å². The van der Waals surface area contributed by atoms with Gasteiger partial charge in [0.1, 0.15) is 0 Å². The number of methoxy groups -OCH3 is 1. The average Bonchev–Trinajstić information content (AvgIpc) is 2.79. The second-order valence-electron chi connectivity index (χ2n) is 4.13. The van der Waals surface area contributed by atoms with E-state index in [2.05, 4.69) is 18.3 Å². The van der Waals surface area contributed by atoms with Crippen molar-refractivity contribution in [2.24, 2.45) is 0 Å². The largest absolute Gasteiger partial charge is 0.382 e. The van der Waals surface area contributed by atoms with Crippen LogP contribution in [0.4, 0.5) is 0 Å². The predicted molar refractivity (Wildman–Crippen MR) is 77.7 cm³/mol. The van der Waals surface area contributed by atoms with Crippen LogP contribution < -0.4 is 5.32 Å². The van der Waals surface area contributed by atoms with Crippen molar-refractivity contribution in [2.45, 2.75) is 25.8 Å². The summed E-state index contributed by atoms with van der Waals surface area (Å²) < 4.78 is 11.2. The lowest BCUT2D eigenvalue weighted by atomic mass is 10.2. The van der Waals surface area contributed by atoms with Crippen LogP contribution in [0.1, 0.15) is 30.7 Å². The molecule has 0 spiro atoms. The summed E-state index contributed by atoms with van der Waals surface area (Å²) in [7, 11) is 1.69. The molecule has 18 heavy (non-hydrogen) atoms. The van der Waals surface area contributed by atoms with Crippen molar-refractivity contribution in [1.82, 2.24) is 5.32 Å². The third-order valence-electron chi connectivity index (χ3n) is 2.62. The molecule has 1 heterocycles. The Balaban J connectivity index is 1.97. The van der Waals surface area contributed by atoms with Crippen LogP contribution in [0.2, 0.25) is 4.34 Å². The van der Waals surface area contributed by atoms with Gasteiger partial charge in [0.2, 0.25) is 0 Å². The molecular formula is C13H22ClNO2S. The molecule has 1 aromatic heterocycles. The van der Waals surface area contributed by atoms with E-state index in [4.69, 9.17) is 21.1 Å². The minimum Gasteiger partial charge on any atom is -0.382 e. The second-order valence-corrected chi connectivity index (χ2v) is 5.88. The van der Waals surface area contributed by atoms with Crippen molar-refractivity contribution in [2.75, 3.05) is 33.5 Å². The number of nitrogens with one attached hydrogen (secondary N) is 1. The van der Waals surface area contributed by atoms with E-state index in [1.165, 1.54) is 4.88 Å². The lowest BCUT2D eigenvalue weighted by Gasteiger charge is -2.11. The maximum atomic E-state index is 5.91. The molecule has 1 atom stereocenters. The van der Waals surface area contributed by atoms with Gasteiger partial charge >= 0.3 is 0 Å². The minimum atomic E-state index is 0.372. The Labute approximate surface area is 118 Å². The highest BCUT2D eigenvalue weighted by Crippen LogP contribution is 2.26. The smallest absolute Gasteiger partial charge is 0.0931 e. The van der Waals surface area contributed by atoms with E-state index in [0.717, 1.165) is 30.3 Å². The van der Waals surface area contributed by atoms with Crippen LogP contribution in [-0.4, -0.2) is 33.5 Å². The third-order valence-corrected chi connectivity index (χ3v) is 4.03.